The van der Waals surface area contributed by atoms with Crippen LogP contribution < -0.4 is 10.1 Å². The number of carbonyl (C=O) groups excluding carboxylic acids is 1. The summed E-state index contributed by atoms with van der Waals surface area (Å²) in [5.74, 6) is 1.83. The summed E-state index contributed by atoms with van der Waals surface area (Å²) in [4.78, 5) is 13.0. The fourth-order valence-electron chi connectivity index (χ4n) is 2.17. The molecule has 26 heavy (non-hydrogen) atoms. The van der Waals surface area contributed by atoms with Crippen molar-refractivity contribution in [3.63, 3.8) is 0 Å². The van der Waals surface area contributed by atoms with E-state index in [1.54, 1.807) is 36.2 Å². The van der Waals surface area contributed by atoms with Crippen LogP contribution in [0.3, 0.4) is 0 Å². The van der Waals surface area contributed by atoms with E-state index in [4.69, 9.17) is 9.15 Å². The molecule has 1 N–H and O–H groups in total. The Balaban J connectivity index is 1.30. The average molecular weight is 369 g/mol. The zero-order valence-corrected chi connectivity index (χ0v) is 14.9. The second-order valence-corrected chi connectivity index (χ2v) is 6.51. The minimum Gasteiger partial charge on any atom is -0.475 e. The van der Waals surface area contributed by atoms with Crippen molar-refractivity contribution in [3.8, 4) is 17.3 Å². The molecule has 0 saturated heterocycles. The van der Waals surface area contributed by atoms with Gasteiger partial charge in [-0.1, -0.05) is 18.2 Å². The maximum Gasteiger partial charge on any atom is 0.233 e. The first kappa shape index (κ1) is 18.0. The van der Waals surface area contributed by atoms with Gasteiger partial charge in [-0.15, -0.1) is 22.0 Å². The Morgan fingerprint density at radius 1 is 1.08 bits per heavy atom. The van der Waals surface area contributed by atoms with Gasteiger partial charge in [-0.3, -0.25) is 4.79 Å². The lowest BCUT2D eigenvalue weighted by molar-refractivity contribution is -0.120. The first-order valence-electron chi connectivity index (χ1n) is 8.26. The fourth-order valence-corrected chi connectivity index (χ4v) is 3.04. The molecule has 0 aliphatic rings. The number of benzene rings is 1. The highest BCUT2D eigenvalue weighted by Crippen LogP contribution is 2.18. The summed E-state index contributed by atoms with van der Waals surface area (Å²) in [6, 6.07) is 17.1. The molecule has 1 aromatic carbocycles. The molecule has 7 heteroatoms. The van der Waals surface area contributed by atoms with E-state index < -0.39 is 0 Å². The molecule has 3 rings (SSSR count). The van der Waals surface area contributed by atoms with Crippen LogP contribution in [0.15, 0.2) is 70.2 Å². The van der Waals surface area contributed by atoms with Crippen molar-refractivity contribution in [2.75, 3.05) is 18.9 Å². The molecule has 2 heterocycles. The van der Waals surface area contributed by atoms with Gasteiger partial charge in [-0.05, 0) is 30.3 Å². The summed E-state index contributed by atoms with van der Waals surface area (Å²) in [5.41, 5.74) is 0.645. The fraction of sp³-hybridized carbons (Fsp3) is 0.211. The Morgan fingerprint density at radius 2 is 1.96 bits per heavy atom. The zero-order valence-electron chi connectivity index (χ0n) is 14.1. The maximum atomic E-state index is 11.8. The predicted molar refractivity (Wildman–Crippen MR) is 100 cm³/mol. The predicted octanol–water partition coefficient (Wildman–Crippen LogP) is 3.41. The number of carbonyl (C=O) groups is 1. The number of thioether (sulfide) groups is 1. The van der Waals surface area contributed by atoms with Crippen LogP contribution in [0.4, 0.5) is 0 Å². The van der Waals surface area contributed by atoms with Gasteiger partial charge < -0.3 is 14.5 Å². The normalized spacial score (nSPS) is 10.5. The molecule has 0 aliphatic heterocycles. The van der Waals surface area contributed by atoms with E-state index in [0.29, 0.717) is 36.9 Å². The highest BCUT2D eigenvalue weighted by atomic mass is 32.2. The van der Waals surface area contributed by atoms with Gasteiger partial charge in [0.25, 0.3) is 0 Å². The summed E-state index contributed by atoms with van der Waals surface area (Å²) >= 11 is 1.67. The molecule has 3 aromatic rings. The first-order chi connectivity index (χ1) is 12.8. The van der Waals surface area contributed by atoms with Crippen molar-refractivity contribution in [1.29, 1.82) is 0 Å². The molecular weight excluding hydrogens is 350 g/mol. The van der Waals surface area contributed by atoms with Gasteiger partial charge >= 0.3 is 0 Å². The van der Waals surface area contributed by atoms with Crippen molar-refractivity contribution in [2.45, 2.75) is 11.3 Å². The minimum absolute atomic E-state index is 0.0104. The Kier molecular flexibility index (Phi) is 6.66. The molecule has 1 amide bonds. The van der Waals surface area contributed by atoms with Crippen LogP contribution >= 0.6 is 11.8 Å². The van der Waals surface area contributed by atoms with E-state index in [9.17, 15) is 4.79 Å². The second-order valence-electron chi connectivity index (χ2n) is 5.34. The number of nitrogens with zero attached hydrogens (tertiary/aromatic N) is 2. The van der Waals surface area contributed by atoms with Crippen LogP contribution in [0.25, 0.3) is 11.5 Å². The Labute approximate surface area is 156 Å². The van der Waals surface area contributed by atoms with Crippen molar-refractivity contribution >= 4 is 17.7 Å². The number of amides is 1. The number of nitrogens with one attached hydrogen (secondary N) is 1. The number of ether oxygens (including phenoxy) is 1. The van der Waals surface area contributed by atoms with Gasteiger partial charge in [-0.25, -0.2) is 0 Å². The monoisotopic (exact) mass is 369 g/mol. The standard InChI is InChI=1S/C19H19N3O3S/c23-18(10-14-26-15-5-2-1-3-6-15)20-11-13-25-19-9-8-16(21-22-19)17-7-4-12-24-17/h1-9,12H,10-11,13-14H2,(H,20,23). The average Bonchev–Trinajstić information content (AvgIpc) is 3.21. The van der Waals surface area contributed by atoms with Crippen LogP contribution in [-0.4, -0.2) is 35.0 Å². The molecule has 0 spiro atoms. The summed E-state index contributed by atoms with van der Waals surface area (Å²) in [6.07, 6.45) is 2.06. The van der Waals surface area contributed by atoms with Crippen molar-refractivity contribution in [1.82, 2.24) is 15.5 Å². The van der Waals surface area contributed by atoms with Gasteiger partial charge in [0.05, 0.1) is 12.8 Å². The number of rotatable bonds is 9. The van der Waals surface area contributed by atoms with Gasteiger partial charge in [-0.2, -0.15) is 0 Å². The van der Waals surface area contributed by atoms with Gasteiger partial charge in [0.2, 0.25) is 11.8 Å². The van der Waals surface area contributed by atoms with Crippen molar-refractivity contribution in [2.24, 2.45) is 0 Å². The molecule has 0 aliphatic carbocycles. The number of hydrogen-bond acceptors (Lipinski definition) is 6. The summed E-state index contributed by atoms with van der Waals surface area (Å²) < 4.78 is 10.7. The molecule has 0 atom stereocenters. The lowest BCUT2D eigenvalue weighted by Gasteiger charge is -2.07. The third-order valence-electron chi connectivity index (χ3n) is 3.43. The highest BCUT2D eigenvalue weighted by Gasteiger charge is 2.05. The molecule has 0 fully saturated rings. The Morgan fingerprint density at radius 3 is 2.69 bits per heavy atom. The van der Waals surface area contributed by atoms with Gasteiger partial charge in [0, 0.05) is 23.1 Å². The quantitative estimate of drug-likeness (QED) is 0.460. The Hall–Kier alpha value is -2.80. The van der Waals surface area contributed by atoms with Gasteiger partial charge in [0.15, 0.2) is 5.76 Å². The van der Waals surface area contributed by atoms with E-state index in [-0.39, 0.29) is 5.91 Å². The summed E-state index contributed by atoms with van der Waals surface area (Å²) in [7, 11) is 0. The lowest BCUT2D eigenvalue weighted by Crippen LogP contribution is -2.28. The smallest absolute Gasteiger partial charge is 0.233 e. The SMILES string of the molecule is O=C(CCSc1ccccc1)NCCOc1ccc(-c2ccco2)nn1. The zero-order chi connectivity index (χ0) is 18.0. The van der Waals surface area contributed by atoms with E-state index in [2.05, 4.69) is 15.5 Å². The van der Waals surface area contributed by atoms with Gasteiger partial charge in [0.1, 0.15) is 12.3 Å². The molecule has 0 radical (unpaired) electrons. The number of furan rings is 1. The lowest BCUT2D eigenvalue weighted by atomic mass is 10.3. The van der Waals surface area contributed by atoms with Crippen LogP contribution in [0.5, 0.6) is 5.88 Å². The largest absolute Gasteiger partial charge is 0.475 e. The topological polar surface area (TPSA) is 77.2 Å². The van der Waals surface area contributed by atoms with E-state index in [1.807, 2.05) is 36.4 Å². The molecule has 134 valence electrons. The molecule has 0 bridgehead atoms. The second kappa shape index (κ2) is 9.62. The molecule has 6 nitrogen and oxygen atoms in total. The minimum atomic E-state index is 0.0104. The van der Waals surface area contributed by atoms with E-state index >= 15 is 0 Å². The van der Waals surface area contributed by atoms with Crippen molar-refractivity contribution < 1.29 is 13.9 Å². The highest BCUT2D eigenvalue weighted by molar-refractivity contribution is 7.99. The van der Waals surface area contributed by atoms with Crippen LogP contribution in [0, 0.1) is 0 Å². The first-order valence-corrected chi connectivity index (χ1v) is 9.25. The van der Waals surface area contributed by atoms with Crippen molar-refractivity contribution in [3.05, 3.63) is 60.9 Å². The number of hydrogen-bond donors (Lipinski definition) is 1. The van der Waals surface area contributed by atoms with Crippen LogP contribution in [0.2, 0.25) is 0 Å². The van der Waals surface area contributed by atoms with Crippen LogP contribution in [0.1, 0.15) is 6.42 Å². The maximum absolute atomic E-state index is 11.8. The Bertz CT molecular complexity index is 793. The molecule has 0 unspecified atom stereocenters. The summed E-state index contributed by atoms with van der Waals surface area (Å²) in [6.45, 7) is 0.767. The molecular formula is C19H19N3O3S. The van der Waals surface area contributed by atoms with E-state index in [0.717, 1.165) is 5.75 Å². The molecule has 0 saturated carbocycles. The number of aromatic nitrogens is 2. The van der Waals surface area contributed by atoms with E-state index in [1.165, 1.54) is 4.90 Å². The van der Waals surface area contributed by atoms with Crippen LogP contribution in [-0.2, 0) is 4.79 Å². The third kappa shape index (κ3) is 5.63. The third-order valence-corrected chi connectivity index (χ3v) is 4.44. The summed E-state index contributed by atoms with van der Waals surface area (Å²) in [5, 5.41) is 10.9. The molecule has 2 aromatic heterocycles.